The number of halogens is 1. The molecule has 1 aromatic heterocycles. The number of anilines is 2. The minimum atomic E-state index is -3.99. The zero-order valence-electron chi connectivity index (χ0n) is 16.2. The molecular weight excluding hydrogens is 422 g/mol. The molecule has 0 saturated heterocycles. The third-order valence-electron chi connectivity index (χ3n) is 4.34. The number of sulfonamides is 1. The van der Waals surface area contributed by atoms with Gasteiger partial charge in [0, 0.05) is 11.8 Å². The van der Waals surface area contributed by atoms with Gasteiger partial charge in [0.1, 0.15) is 5.82 Å². The number of carbonyl (C=O) groups excluding carboxylic acids is 1. The molecule has 6 nitrogen and oxygen atoms in total. The molecule has 3 rings (SSSR count). The summed E-state index contributed by atoms with van der Waals surface area (Å²) in [6, 6.07) is 16.1. The number of pyridine rings is 1. The Morgan fingerprint density at radius 2 is 1.93 bits per heavy atom. The molecule has 0 fully saturated rings. The van der Waals surface area contributed by atoms with Crippen LogP contribution in [0.2, 0.25) is 5.02 Å². The Morgan fingerprint density at radius 3 is 2.63 bits per heavy atom. The lowest BCUT2D eigenvalue weighted by molar-refractivity contribution is 0.102. The summed E-state index contributed by atoms with van der Waals surface area (Å²) >= 11 is 6.22. The van der Waals surface area contributed by atoms with Crippen LogP contribution < -0.4 is 9.62 Å². The van der Waals surface area contributed by atoms with Crippen LogP contribution in [0.3, 0.4) is 0 Å². The largest absolute Gasteiger partial charge is 0.306 e. The van der Waals surface area contributed by atoms with Crippen LogP contribution in [0, 0.1) is 6.92 Å². The Hall–Kier alpha value is -3.16. The summed E-state index contributed by atoms with van der Waals surface area (Å²) in [7, 11) is -3.99. The summed E-state index contributed by atoms with van der Waals surface area (Å²) in [4.78, 5) is 16.8. The predicted octanol–water partition coefficient (Wildman–Crippen LogP) is 4.68. The Bertz CT molecular complexity index is 1200. The molecule has 3 aromatic rings. The molecule has 154 valence electrons. The van der Waals surface area contributed by atoms with Gasteiger partial charge in [0.25, 0.3) is 15.9 Å². The third-order valence-corrected chi connectivity index (χ3v) is 6.44. The van der Waals surface area contributed by atoms with E-state index >= 15 is 0 Å². The number of amides is 1. The van der Waals surface area contributed by atoms with Crippen molar-refractivity contribution in [3.05, 3.63) is 95.7 Å². The number of benzene rings is 2. The third kappa shape index (κ3) is 4.53. The van der Waals surface area contributed by atoms with Crippen molar-refractivity contribution in [2.75, 3.05) is 16.2 Å². The van der Waals surface area contributed by atoms with Gasteiger partial charge in [-0.1, -0.05) is 41.9 Å². The van der Waals surface area contributed by atoms with Crippen LogP contribution in [-0.4, -0.2) is 25.9 Å². The minimum Gasteiger partial charge on any atom is -0.306 e. The molecule has 2 aromatic carbocycles. The van der Waals surface area contributed by atoms with Crippen molar-refractivity contribution in [2.45, 2.75) is 11.8 Å². The van der Waals surface area contributed by atoms with E-state index in [4.69, 9.17) is 11.6 Å². The van der Waals surface area contributed by atoms with E-state index in [-0.39, 0.29) is 17.0 Å². The zero-order valence-corrected chi connectivity index (χ0v) is 17.8. The molecule has 0 saturated carbocycles. The van der Waals surface area contributed by atoms with Crippen molar-refractivity contribution >= 4 is 39.0 Å². The van der Waals surface area contributed by atoms with E-state index in [0.717, 1.165) is 9.87 Å². The Morgan fingerprint density at radius 1 is 1.17 bits per heavy atom. The lowest BCUT2D eigenvalue weighted by Gasteiger charge is -2.24. The number of aromatic nitrogens is 1. The Balaban J connectivity index is 1.97. The normalized spacial score (nSPS) is 11.0. The molecule has 0 atom stereocenters. The van der Waals surface area contributed by atoms with Gasteiger partial charge in [-0.3, -0.25) is 9.10 Å². The molecule has 0 aliphatic carbocycles. The lowest BCUT2D eigenvalue weighted by atomic mass is 10.2. The van der Waals surface area contributed by atoms with Crippen LogP contribution >= 0.6 is 11.6 Å². The maximum atomic E-state index is 13.3. The molecular formula is C22H20ClN3O3S. The van der Waals surface area contributed by atoms with Gasteiger partial charge >= 0.3 is 0 Å². The Kier molecular flexibility index (Phi) is 6.54. The predicted molar refractivity (Wildman–Crippen MR) is 120 cm³/mol. The van der Waals surface area contributed by atoms with Crippen LogP contribution in [0.5, 0.6) is 0 Å². The molecule has 0 radical (unpaired) electrons. The summed E-state index contributed by atoms with van der Waals surface area (Å²) in [6.45, 7) is 5.49. The molecule has 0 spiro atoms. The van der Waals surface area contributed by atoms with Crippen molar-refractivity contribution in [2.24, 2.45) is 0 Å². The van der Waals surface area contributed by atoms with Crippen molar-refractivity contribution in [1.29, 1.82) is 0 Å². The van der Waals surface area contributed by atoms with E-state index in [1.807, 2.05) is 13.0 Å². The average Bonchev–Trinajstić information content (AvgIpc) is 2.74. The summed E-state index contributed by atoms with van der Waals surface area (Å²) in [5.74, 6) is -0.0398. The molecule has 1 amide bonds. The quantitative estimate of drug-likeness (QED) is 0.540. The molecule has 0 bridgehead atoms. The van der Waals surface area contributed by atoms with E-state index in [1.165, 1.54) is 24.3 Å². The monoisotopic (exact) mass is 441 g/mol. The lowest BCUT2D eigenvalue weighted by Crippen LogP contribution is -2.31. The number of rotatable bonds is 7. The van der Waals surface area contributed by atoms with Crippen LogP contribution in [-0.2, 0) is 10.0 Å². The molecule has 30 heavy (non-hydrogen) atoms. The molecule has 1 N–H and O–H groups in total. The molecule has 0 aliphatic heterocycles. The number of para-hydroxylation sites is 1. The smallest absolute Gasteiger partial charge is 0.264 e. The minimum absolute atomic E-state index is 0.0234. The number of hydrogen-bond donors (Lipinski definition) is 1. The van der Waals surface area contributed by atoms with E-state index in [9.17, 15) is 13.2 Å². The number of nitrogens with zero attached hydrogens (tertiary/aromatic N) is 2. The summed E-state index contributed by atoms with van der Waals surface area (Å²) in [5.41, 5.74) is 1.32. The molecule has 0 unspecified atom stereocenters. The topological polar surface area (TPSA) is 79.4 Å². The van der Waals surface area contributed by atoms with Gasteiger partial charge in [0.2, 0.25) is 0 Å². The van der Waals surface area contributed by atoms with Crippen molar-refractivity contribution in [1.82, 2.24) is 4.98 Å². The standard InChI is InChI=1S/C22H20ClN3O3S/c1-3-14-26(20-12-5-4-11-19(20)23)30(28,29)18-10-6-9-17(15-18)22(27)25-21-16(2)8-7-13-24-21/h3-13,15H,1,14H2,2H3,(H,24,25,27). The highest BCUT2D eigenvalue weighted by Gasteiger charge is 2.26. The number of nitrogens with one attached hydrogen (secondary N) is 1. The maximum Gasteiger partial charge on any atom is 0.264 e. The zero-order chi connectivity index (χ0) is 21.7. The summed E-state index contributed by atoms with van der Waals surface area (Å²) in [5, 5.41) is 3.00. The SMILES string of the molecule is C=CCN(c1ccccc1Cl)S(=O)(=O)c1cccc(C(=O)Nc2ncccc2C)c1. The number of hydrogen-bond acceptors (Lipinski definition) is 4. The van der Waals surface area contributed by atoms with Gasteiger partial charge in [0.15, 0.2) is 0 Å². The fourth-order valence-corrected chi connectivity index (χ4v) is 4.61. The van der Waals surface area contributed by atoms with Gasteiger partial charge in [-0.25, -0.2) is 13.4 Å². The fraction of sp³-hybridized carbons (Fsp3) is 0.0909. The van der Waals surface area contributed by atoms with Gasteiger partial charge in [0.05, 0.1) is 22.2 Å². The van der Waals surface area contributed by atoms with Crippen molar-refractivity contribution < 1.29 is 13.2 Å². The number of carbonyl (C=O) groups is 1. The highest BCUT2D eigenvalue weighted by atomic mass is 35.5. The van der Waals surface area contributed by atoms with Gasteiger partial charge in [-0.2, -0.15) is 0 Å². The molecule has 1 heterocycles. The van der Waals surface area contributed by atoms with Gasteiger partial charge in [-0.05, 0) is 48.9 Å². The first kappa shape index (κ1) is 21.5. The van der Waals surface area contributed by atoms with Gasteiger partial charge in [-0.15, -0.1) is 6.58 Å². The van der Waals surface area contributed by atoms with Crippen LogP contribution in [0.4, 0.5) is 11.5 Å². The van der Waals surface area contributed by atoms with E-state index in [0.29, 0.717) is 16.5 Å². The highest BCUT2D eigenvalue weighted by molar-refractivity contribution is 7.92. The second-order valence-electron chi connectivity index (χ2n) is 6.43. The molecule has 0 aliphatic rings. The summed E-state index contributed by atoms with van der Waals surface area (Å²) in [6.07, 6.45) is 3.04. The van der Waals surface area contributed by atoms with E-state index in [2.05, 4.69) is 16.9 Å². The van der Waals surface area contributed by atoms with Crippen molar-refractivity contribution in [3.63, 3.8) is 0 Å². The first-order valence-corrected chi connectivity index (χ1v) is 10.9. The maximum absolute atomic E-state index is 13.3. The van der Waals surface area contributed by atoms with Gasteiger partial charge < -0.3 is 5.32 Å². The first-order chi connectivity index (χ1) is 14.3. The van der Waals surface area contributed by atoms with Crippen LogP contribution in [0.25, 0.3) is 0 Å². The molecule has 8 heteroatoms. The summed E-state index contributed by atoms with van der Waals surface area (Å²) < 4.78 is 27.8. The highest BCUT2D eigenvalue weighted by Crippen LogP contribution is 2.30. The second kappa shape index (κ2) is 9.11. The second-order valence-corrected chi connectivity index (χ2v) is 8.70. The fourth-order valence-electron chi connectivity index (χ4n) is 2.82. The first-order valence-electron chi connectivity index (χ1n) is 9.06. The number of aryl methyl sites for hydroxylation is 1. The van der Waals surface area contributed by atoms with Crippen LogP contribution in [0.15, 0.2) is 84.4 Å². The van der Waals surface area contributed by atoms with E-state index < -0.39 is 15.9 Å². The Labute approximate surface area is 180 Å². The van der Waals surface area contributed by atoms with E-state index in [1.54, 1.807) is 42.6 Å². The van der Waals surface area contributed by atoms with Crippen LogP contribution in [0.1, 0.15) is 15.9 Å². The van der Waals surface area contributed by atoms with Crippen molar-refractivity contribution in [3.8, 4) is 0 Å². The average molecular weight is 442 g/mol.